The maximum absolute atomic E-state index is 12.7. The Labute approximate surface area is 253 Å². The van der Waals surface area contributed by atoms with E-state index in [4.69, 9.17) is 28.6 Å². The maximum Gasteiger partial charge on any atom is 0.251 e. The zero-order valence-electron chi connectivity index (χ0n) is 24.8. The third-order valence-electron chi connectivity index (χ3n) is 8.28. The molecule has 0 unspecified atom stereocenters. The molecule has 12 heteroatoms. The van der Waals surface area contributed by atoms with Crippen LogP contribution in [0.15, 0.2) is 47.0 Å². The molecule has 1 saturated heterocycles. The van der Waals surface area contributed by atoms with Crippen LogP contribution in [0.3, 0.4) is 0 Å². The minimum absolute atomic E-state index is 0.0209. The number of aliphatic hydroxyl groups is 1. The molecule has 2 aliphatic rings. The van der Waals surface area contributed by atoms with Crippen molar-refractivity contribution >= 4 is 39.7 Å². The highest BCUT2D eigenvalue weighted by Crippen LogP contribution is 2.39. The number of anilines is 2. The second kappa shape index (κ2) is 11.1. The Balaban J connectivity index is 1.23. The number of aryl methyl sites for hydroxylation is 1. The number of hydrogen-bond acceptors (Lipinski definition) is 10. The molecule has 0 spiro atoms. The lowest BCUT2D eigenvalue weighted by Crippen LogP contribution is -2.48. The van der Waals surface area contributed by atoms with E-state index in [0.29, 0.717) is 84.8 Å². The van der Waals surface area contributed by atoms with Crippen LogP contribution in [0.1, 0.15) is 48.9 Å². The number of carbonyl (C=O) groups excluding carboxylic acids is 1. The molecule has 1 aliphatic carbocycles. The normalized spacial score (nSPS) is 20.4. The van der Waals surface area contributed by atoms with Crippen LogP contribution in [-0.4, -0.2) is 69.0 Å². The molecule has 0 radical (unpaired) electrons. The van der Waals surface area contributed by atoms with Gasteiger partial charge in [-0.25, -0.2) is 4.98 Å². The van der Waals surface area contributed by atoms with E-state index in [9.17, 15) is 9.90 Å². The van der Waals surface area contributed by atoms with Gasteiger partial charge >= 0.3 is 0 Å². The van der Waals surface area contributed by atoms with Crippen LogP contribution in [-0.2, 0) is 4.74 Å². The molecule has 4 heterocycles. The summed E-state index contributed by atoms with van der Waals surface area (Å²) in [7, 11) is 1.54. The molecule has 1 amide bonds. The summed E-state index contributed by atoms with van der Waals surface area (Å²) in [6.45, 7) is 4.72. The van der Waals surface area contributed by atoms with E-state index in [0.717, 1.165) is 22.0 Å². The fraction of sp³-hybridized carbons (Fsp3) is 0.375. The molecule has 1 aliphatic heterocycles. The molecule has 12 nitrogen and oxygen atoms in total. The van der Waals surface area contributed by atoms with Crippen LogP contribution in [0.25, 0.3) is 33.3 Å². The maximum atomic E-state index is 12.7. The smallest absolute Gasteiger partial charge is 0.251 e. The van der Waals surface area contributed by atoms with Gasteiger partial charge in [0.15, 0.2) is 11.5 Å². The predicted molar refractivity (Wildman–Crippen MR) is 163 cm³/mol. The number of ether oxygens (including phenoxy) is 3. The van der Waals surface area contributed by atoms with Crippen molar-refractivity contribution in [3.63, 3.8) is 0 Å². The Morgan fingerprint density at radius 3 is 2.68 bits per heavy atom. The molecule has 5 aromatic rings. The monoisotopic (exact) mass is 598 g/mol. The first-order valence-corrected chi connectivity index (χ1v) is 14.7. The van der Waals surface area contributed by atoms with Crippen molar-refractivity contribution in [3.05, 3.63) is 54.0 Å². The molecule has 228 valence electrons. The number of aromatic nitrogens is 4. The molecule has 4 N–H and O–H groups in total. The van der Waals surface area contributed by atoms with Crippen molar-refractivity contribution in [3.8, 4) is 22.8 Å². The van der Waals surface area contributed by atoms with Crippen LogP contribution in [0, 0.1) is 6.92 Å². The van der Waals surface area contributed by atoms with Gasteiger partial charge in [-0.1, -0.05) is 6.07 Å². The minimum Gasteiger partial charge on any atom is -0.495 e. The standard InChI is InChI=1S/C32H34N6O6/c1-17-34-24-6-4-18(12-26(24)43-17)22-14-33-28-27(22)30(44-21-8-10-32(2,40)11-9-21)38-31(37-28)36-23-7-5-19(13-25(23)41-3)29(39)35-20-15-42-16-20/h4-7,12-14,20-21,40H,8-11,15-16H2,1-3H3,(H,35,39)(H2,33,36,37,38). The summed E-state index contributed by atoms with van der Waals surface area (Å²) in [4.78, 5) is 30.0. The van der Waals surface area contributed by atoms with Crippen molar-refractivity contribution in [1.29, 1.82) is 0 Å². The van der Waals surface area contributed by atoms with Gasteiger partial charge in [-0.2, -0.15) is 9.97 Å². The van der Waals surface area contributed by atoms with Gasteiger partial charge in [-0.15, -0.1) is 0 Å². The molecule has 2 aromatic carbocycles. The fourth-order valence-electron chi connectivity index (χ4n) is 5.71. The Hall–Kier alpha value is -4.68. The van der Waals surface area contributed by atoms with E-state index in [1.165, 1.54) is 0 Å². The minimum atomic E-state index is -0.692. The number of rotatable bonds is 8. The van der Waals surface area contributed by atoms with Gasteiger partial charge in [0.1, 0.15) is 23.0 Å². The quantitative estimate of drug-likeness (QED) is 0.191. The lowest BCUT2D eigenvalue weighted by atomic mass is 9.85. The van der Waals surface area contributed by atoms with Crippen LogP contribution < -0.4 is 20.1 Å². The van der Waals surface area contributed by atoms with Gasteiger partial charge in [0.25, 0.3) is 5.91 Å². The second-order valence-electron chi connectivity index (χ2n) is 11.8. The Bertz CT molecular complexity index is 1850. The van der Waals surface area contributed by atoms with Gasteiger partial charge in [0.05, 0.1) is 43.0 Å². The third-order valence-corrected chi connectivity index (χ3v) is 8.28. The molecule has 7 rings (SSSR count). The van der Waals surface area contributed by atoms with Gasteiger partial charge in [0.2, 0.25) is 11.8 Å². The average molecular weight is 599 g/mol. The van der Waals surface area contributed by atoms with Gasteiger partial charge < -0.3 is 39.4 Å². The fourth-order valence-corrected chi connectivity index (χ4v) is 5.71. The molecular formula is C32H34N6O6. The Morgan fingerprint density at radius 2 is 1.93 bits per heavy atom. The van der Waals surface area contributed by atoms with Crippen LogP contribution in [0.5, 0.6) is 11.6 Å². The van der Waals surface area contributed by atoms with Gasteiger partial charge in [-0.3, -0.25) is 4.79 Å². The lowest BCUT2D eigenvalue weighted by molar-refractivity contribution is -0.0114. The zero-order chi connectivity index (χ0) is 30.4. The first kappa shape index (κ1) is 28.1. The zero-order valence-corrected chi connectivity index (χ0v) is 24.8. The number of carbonyl (C=O) groups is 1. The first-order chi connectivity index (χ1) is 21.2. The highest BCUT2D eigenvalue weighted by Gasteiger charge is 2.31. The molecule has 44 heavy (non-hydrogen) atoms. The van der Waals surface area contributed by atoms with Gasteiger partial charge in [-0.05, 0) is 68.5 Å². The summed E-state index contributed by atoms with van der Waals surface area (Å²) in [5.41, 5.74) is 4.21. The van der Waals surface area contributed by atoms with Crippen molar-refractivity contribution in [1.82, 2.24) is 25.3 Å². The summed E-state index contributed by atoms with van der Waals surface area (Å²) >= 11 is 0. The number of oxazole rings is 1. The predicted octanol–water partition coefficient (Wildman–Crippen LogP) is 5.03. The van der Waals surface area contributed by atoms with Crippen LogP contribution >= 0.6 is 0 Å². The lowest BCUT2D eigenvalue weighted by Gasteiger charge is -2.33. The van der Waals surface area contributed by atoms with Crippen LogP contribution in [0.4, 0.5) is 11.6 Å². The van der Waals surface area contributed by atoms with Gasteiger partial charge in [0, 0.05) is 24.2 Å². The average Bonchev–Trinajstić information content (AvgIpc) is 3.58. The number of fused-ring (bicyclic) bond motifs is 2. The number of nitrogens with one attached hydrogen (secondary N) is 3. The van der Waals surface area contributed by atoms with E-state index in [1.54, 1.807) is 25.3 Å². The molecule has 1 saturated carbocycles. The van der Waals surface area contributed by atoms with Crippen molar-refractivity contribution in [2.24, 2.45) is 0 Å². The number of methoxy groups -OCH3 is 1. The van der Waals surface area contributed by atoms with E-state index in [-0.39, 0.29) is 18.1 Å². The molecule has 0 atom stereocenters. The highest BCUT2D eigenvalue weighted by molar-refractivity contribution is 5.99. The van der Waals surface area contributed by atoms with Crippen molar-refractivity contribution in [2.45, 2.75) is 57.3 Å². The number of aromatic amines is 1. The Morgan fingerprint density at radius 1 is 1.11 bits per heavy atom. The number of amides is 1. The first-order valence-electron chi connectivity index (χ1n) is 14.7. The van der Waals surface area contributed by atoms with E-state index < -0.39 is 5.60 Å². The topological polar surface area (TPSA) is 157 Å². The van der Waals surface area contributed by atoms with Crippen LogP contribution in [0.2, 0.25) is 0 Å². The van der Waals surface area contributed by atoms with E-state index >= 15 is 0 Å². The highest BCUT2D eigenvalue weighted by atomic mass is 16.5. The SMILES string of the molecule is COc1cc(C(=O)NC2COC2)ccc1Nc1nc(OC2CCC(C)(O)CC2)c2c(-c3ccc4nc(C)oc4c3)c[nH]c2n1. The number of hydrogen-bond donors (Lipinski definition) is 4. The Kier molecular flexibility index (Phi) is 7.10. The number of nitrogens with zero attached hydrogens (tertiary/aromatic N) is 3. The summed E-state index contributed by atoms with van der Waals surface area (Å²) in [5, 5.41) is 17.4. The van der Waals surface area contributed by atoms with Crippen molar-refractivity contribution in [2.75, 3.05) is 25.6 Å². The molecule has 2 fully saturated rings. The molecular weight excluding hydrogens is 564 g/mol. The summed E-state index contributed by atoms with van der Waals surface area (Å²) < 4.78 is 23.1. The van der Waals surface area contributed by atoms with E-state index in [2.05, 4.69) is 20.6 Å². The summed E-state index contributed by atoms with van der Waals surface area (Å²) in [5.74, 6) is 1.59. The molecule has 0 bridgehead atoms. The van der Waals surface area contributed by atoms with Crippen molar-refractivity contribution < 1.29 is 28.5 Å². The summed E-state index contributed by atoms with van der Waals surface area (Å²) in [6, 6.07) is 11.0. The van der Waals surface area contributed by atoms with E-state index in [1.807, 2.05) is 38.2 Å². The largest absolute Gasteiger partial charge is 0.495 e. The second-order valence-corrected chi connectivity index (χ2v) is 11.8. The third kappa shape index (κ3) is 5.53. The number of H-pyrrole nitrogens is 1. The molecule has 3 aromatic heterocycles. The summed E-state index contributed by atoms with van der Waals surface area (Å²) in [6.07, 6.45) is 4.46. The number of benzene rings is 2.